The van der Waals surface area contributed by atoms with Crippen LogP contribution >= 0.6 is 0 Å². The molecule has 19 heavy (non-hydrogen) atoms. The van der Waals surface area contributed by atoms with Crippen molar-refractivity contribution >= 4 is 5.78 Å². The fraction of sp³-hybridized carbons (Fsp3) is 0.385. The SMILES string of the molecule is COc1c(C(F)(F)F)cccc1C1(C#N)CC(=O)C1. The van der Waals surface area contributed by atoms with E-state index in [1.807, 2.05) is 6.07 Å². The van der Waals surface area contributed by atoms with Crippen LogP contribution in [0.4, 0.5) is 13.2 Å². The Balaban J connectivity index is 2.60. The third-order valence-electron chi connectivity index (χ3n) is 3.25. The molecule has 0 spiro atoms. The summed E-state index contributed by atoms with van der Waals surface area (Å²) in [6.45, 7) is 0. The average molecular weight is 269 g/mol. The molecule has 0 radical (unpaired) electrons. The fourth-order valence-corrected chi connectivity index (χ4v) is 2.31. The number of carbonyl (C=O) groups is 1. The van der Waals surface area contributed by atoms with Crippen LogP contribution < -0.4 is 4.74 Å². The van der Waals surface area contributed by atoms with Gasteiger partial charge in [-0.25, -0.2) is 0 Å². The number of alkyl halides is 3. The van der Waals surface area contributed by atoms with Crippen LogP contribution in [0.2, 0.25) is 0 Å². The van der Waals surface area contributed by atoms with E-state index in [-0.39, 0.29) is 29.9 Å². The Morgan fingerprint density at radius 3 is 2.42 bits per heavy atom. The van der Waals surface area contributed by atoms with Gasteiger partial charge in [0.25, 0.3) is 0 Å². The van der Waals surface area contributed by atoms with Gasteiger partial charge in [0.1, 0.15) is 11.5 Å². The minimum absolute atomic E-state index is 0.0683. The van der Waals surface area contributed by atoms with Crippen molar-refractivity contribution in [2.45, 2.75) is 24.4 Å². The Hall–Kier alpha value is -2.03. The molecule has 100 valence electrons. The summed E-state index contributed by atoms with van der Waals surface area (Å²) in [4.78, 5) is 11.1. The molecule has 0 N–H and O–H groups in total. The maximum Gasteiger partial charge on any atom is 0.419 e. The van der Waals surface area contributed by atoms with E-state index in [1.165, 1.54) is 12.1 Å². The Bertz CT molecular complexity index is 564. The minimum atomic E-state index is -4.56. The molecule has 0 atom stereocenters. The Labute approximate surface area is 107 Å². The van der Waals surface area contributed by atoms with Crippen molar-refractivity contribution in [3.8, 4) is 11.8 Å². The number of nitriles is 1. The average Bonchev–Trinajstić information content (AvgIpc) is 2.32. The highest BCUT2D eigenvalue weighted by molar-refractivity contribution is 5.90. The van der Waals surface area contributed by atoms with Gasteiger partial charge in [0.05, 0.1) is 24.2 Å². The first-order valence-electron chi connectivity index (χ1n) is 5.52. The Morgan fingerprint density at radius 2 is 2.00 bits per heavy atom. The van der Waals surface area contributed by atoms with E-state index in [2.05, 4.69) is 0 Å². The molecule has 1 aromatic carbocycles. The fourth-order valence-electron chi connectivity index (χ4n) is 2.31. The van der Waals surface area contributed by atoms with E-state index < -0.39 is 17.2 Å². The van der Waals surface area contributed by atoms with Crippen molar-refractivity contribution in [2.75, 3.05) is 7.11 Å². The van der Waals surface area contributed by atoms with E-state index in [4.69, 9.17) is 4.74 Å². The Morgan fingerprint density at radius 1 is 1.37 bits per heavy atom. The van der Waals surface area contributed by atoms with Crippen molar-refractivity contribution in [1.29, 1.82) is 5.26 Å². The van der Waals surface area contributed by atoms with Crippen LogP contribution in [0.1, 0.15) is 24.0 Å². The predicted molar refractivity (Wildman–Crippen MR) is 59.5 cm³/mol. The third-order valence-corrected chi connectivity index (χ3v) is 3.25. The van der Waals surface area contributed by atoms with Gasteiger partial charge in [-0.1, -0.05) is 12.1 Å². The third kappa shape index (κ3) is 2.05. The van der Waals surface area contributed by atoms with Gasteiger partial charge in [-0.2, -0.15) is 18.4 Å². The summed E-state index contributed by atoms with van der Waals surface area (Å²) < 4.78 is 43.5. The summed E-state index contributed by atoms with van der Waals surface area (Å²) in [7, 11) is 1.12. The number of benzene rings is 1. The number of ketones is 1. The molecule has 6 heteroatoms. The lowest BCUT2D eigenvalue weighted by atomic mass is 9.64. The molecular weight excluding hydrogens is 259 g/mol. The van der Waals surface area contributed by atoms with Gasteiger partial charge in [-0.3, -0.25) is 4.79 Å². The lowest BCUT2D eigenvalue weighted by molar-refractivity contribution is -0.138. The van der Waals surface area contributed by atoms with Crippen LogP contribution in [0.15, 0.2) is 18.2 Å². The molecular formula is C13H10F3NO2. The van der Waals surface area contributed by atoms with Gasteiger partial charge in [0.15, 0.2) is 0 Å². The second-order valence-electron chi connectivity index (χ2n) is 4.47. The van der Waals surface area contributed by atoms with E-state index >= 15 is 0 Å². The summed E-state index contributed by atoms with van der Waals surface area (Å²) in [5.41, 5.74) is -1.99. The smallest absolute Gasteiger partial charge is 0.419 e. The first kappa shape index (κ1) is 13.4. The maximum atomic E-state index is 12.9. The molecule has 0 aliphatic heterocycles. The zero-order chi connectivity index (χ0) is 14.3. The number of Topliss-reactive ketones (excluding diaryl/α,β-unsaturated/α-hetero) is 1. The first-order valence-corrected chi connectivity index (χ1v) is 5.52. The first-order chi connectivity index (χ1) is 8.84. The number of hydrogen-bond donors (Lipinski definition) is 0. The van der Waals surface area contributed by atoms with Gasteiger partial charge in [0.2, 0.25) is 0 Å². The van der Waals surface area contributed by atoms with Crippen molar-refractivity contribution in [2.24, 2.45) is 0 Å². The molecule has 1 aliphatic rings. The van der Waals surface area contributed by atoms with Crippen LogP contribution in [0, 0.1) is 11.3 Å². The molecule has 1 fully saturated rings. The molecule has 0 bridgehead atoms. The minimum Gasteiger partial charge on any atom is -0.496 e. The number of para-hydroxylation sites is 1. The van der Waals surface area contributed by atoms with Gasteiger partial charge in [0, 0.05) is 18.4 Å². The standard InChI is InChI=1S/C13H10F3NO2/c1-19-11-9(12(7-17)5-8(18)6-12)3-2-4-10(11)13(14,15)16/h2-4H,5-6H2,1H3. The molecule has 1 aliphatic carbocycles. The number of hydrogen-bond acceptors (Lipinski definition) is 3. The van der Waals surface area contributed by atoms with Crippen molar-refractivity contribution < 1.29 is 22.7 Å². The number of halogens is 3. The monoisotopic (exact) mass is 269 g/mol. The van der Waals surface area contributed by atoms with Crippen molar-refractivity contribution in [3.05, 3.63) is 29.3 Å². The molecule has 0 saturated heterocycles. The number of rotatable bonds is 2. The van der Waals surface area contributed by atoms with Crippen LogP contribution in [0.5, 0.6) is 5.75 Å². The number of carbonyl (C=O) groups excluding carboxylic acids is 1. The molecule has 1 saturated carbocycles. The van der Waals surface area contributed by atoms with Crippen LogP contribution in [-0.4, -0.2) is 12.9 Å². The normalized spacial score (nSPS) is 17.5. The molecule has 0 heterocycles. The van der Waals surface area contributed by atoms with E-state index in [0.717, 1.165) is 13.2 Å². The highest BCUT2D eigenvalue weighted by atomic mass is 19.4. The second-order valence-corrected chi connectivity index (χ2v) is 4.47. The summed E-state index contributed by atoms with van der Waals surface area (Å²) >= 11 is 0. The van der Waals surface area contributed by atoms with Crippen molar-refractivity contribution in [1.82, 2.24) is 0 Å². The maximum absolute atomic E-state index is 12.9. The predicted octanol–water partition coefficient (Wildman–Crippen LogP) is 2.84. The van der Waals surface area contributed by atoms with Gasteiger partial charge < -0.3 is 4.74 Å². The number of methoxy groups -OCH3 is 1. The molecule has 2 rings (SSSR count). The second kappa shape index (κ2) is 4.26. The highest BCUT2D eigenvalue weighted by Crippen LogP contribution is 2.48. The quantitative estimate of drug-likeness (QED) is 0.829. The van der Waals surface area contributed by atoms with Crippen LogP contribution in [-0.2, 0) is 16.4 Å². The van der Waals surface area contributed by atoms with E-state index in [9.17, 15) is 23.2 Å². The number of ether oxygens (including phenoxy) is 1. The molecule has 3 nitrogen and oxygen atoms in total. The lowest BCUT2D eigenvalue weighted by Crippen LogP contribution is -2.40. The zero-order valence-electron chi connectivity index (χ0n) is 10.0. The van der Waals surface area contributed by atoms with E-state index in [1.54, 1.807) is 0 Å². The van der Waals surface area contributed by atoms with E-state index in [0.29, 0.717) is 0 Å². The summed E-state index contributed by atoms with van der Waals surface area (Å²) in [5.74, 6) is -0.509. The molecule has 1 aromatic rings. The zero-order valence-corrected chi connectivity index (χ0v) is 10.0. The molecule has 0 unspecified atom stereocenters. The number of nitrogens with zero attached hydrogens (tertiary/aromatic N) is 1. The summed E-state index contributed by atoms with van der Waals surface area (Å²) in [6.07, 6.45) is -4.70. The highest BCUT2D eigenvalue weighted by Gasteiger charge is 2.49. The van der Waals surface area contributed by atoms with Crippen LogP contribution in [0.3, 0.4) is 0 Å². The lowest BCUT2D eigenvalue weighted by Gasteiger charge is -2.35. The summed E-state index contributed by atoms with van der Waals surface area (Å²) in [5, 5.41) is 9.18. The molecule has 0 aromatic heterocycles. The molecule has 0 amide bonds. The van der Waals surface area contributed by atoms with Gasteiger partial charge in [-0.15, -0.1) is 0 Å². The van der Waals surface area contributed by atoms with Crippen LogP contribution in [0.25, 0.3) is 0 Å². The van der Waals surface area contributed by atoms with Gasteiger partial charge in [-0.05, 0) is 6.07 Å². The van der Waals surface area contributed by atoms with Crippen molar-refractivity contribution in [3.63, 3.8) is 0 Å². The topological polar surface area (TPSA) is 50.1 Å². The Kier molecular flexibility index (Phi) is 3.01. The summed E-state index contributed by atoms with van der Waals surface area (Å²) in [6, 6.07) is 5.47. The van der Waals surface area contributed by atoms with Gasteiger partial charge >= 0.3 is 6.18 Å². The largest absolute Gasteiger partial charge is 0.496 e.